The molecule has 31 heavy (non-hydrogen) atoms. The summed E-state index contributed by atoms with van der Waals surface area (Å²) in [6.07, 6.45) is 1.67. The summed E-state index contributed by atoms with van der Waals surface area (Å²) >= 11 is 0. The van der Waals surface area contributed by atoms with Crippen LogP contribution in [0.15, 0.2) is 47.4 Å². The number of ketones is 1. The van der Waals surface area contributed by atoms with Crippen LogP contribution in [0.1, 0.15) is 37.0 Å². The molecular formula is C22H27N3O5S. The van der Waals surface area contributed by atoms with Crippen molar-refractivity contribution in [3.63, 3.8) is 0 Å². The number of ether oxygens (including phenoxy) is 1. The van der Waals surface area contributed by atoms with Gasteiger partial charge in [-0.2, -0.15) is 4.31 Å². The highest BCUT2D eigenvalue weighted by Gasteiger charge is 2.30. The average molecular weight is 446 g/mol. The van der Waals surface area contributed by atoms with Crippen LogP contribution in [-0.2, 0) is 14.8 Å². The van der Waals surface area contributed by atoms with Gasteiger partial charge in [-0.25, -0.2) is 8.42 Å². The molecule has 8 nitrogen and oxygen atoms in total. The van der Waals surface area contributed by atoms with Gasteiger partial charge in [-0.05, 0) is 57.0 Å². The van der Waals surface area contributed by atoms with Crippen molar-refractivity contribution in [3.05, 3.63) is 48.0 Å². The minimum absolute atomic E-state index is 0.0867. The largest absolute Gasteiger partial charge is 0.492 e. The van der Waals surface area contributed by atoms with Crippen LogP contribution in [-0.4, -0.2) is 50.7 Å². The van der Waals surface area contributed by atoms with E-state index in [4.69, 9.17) is 4.74 Å². The highest BCUT2D eigenvalue weighted by molar-refractivity contribution is 7.89. The van der Waals surface area contributed by atoms with Crippen LogP contribution >= 0.6 is 0 Å². The number of anilines is 2. The lowest BCUT2D eigenvalue weighted by Gasteiger charge is -2.19. The maximum Gasteiger partial charge on any atom is 0.246 e. The molecule has 2 aromatic carbocycles. The molecule has 0 aliphatic carbocycles. The summed E-state index contributed by atoms with van der Waals surface area (Å²) in [4.78, 5) is 24.2. The van der Waals surface area contributed by atoms with Crippen LogP contribution in [0.5, 0.6) is 5.75 Å². The molecule has 0 radical (unpaired) electrons. The predicted octanol–water partition coefficient (Wildman–Crippen LogP) is 3.12. The molecule has 2 N–H and O–H groups in total. The van der Waals surface area contributed by atoms with Gasteiger partial charge in [0, 0.05) is 24.3 Å². The monoisotopic (exact) mass is 445 g/mol. The standard InChI is InChI=1S/C22H27N3O5S/c1-3-30-20-11-10-17(14-21(20)31(28,29)25-12-6-7-13-25)23-15-22(27)24-19-9-5-4-8-18(19)16(2)26/h4-5,8-11,14,23H,3,6-7,12-13,15H2,1-2H3,(H,24,27). The fourth-order valence-electron chi connectivity index (χ4n) is 3.44. The molecule has 3 rings (SSSR count). The first-order valence-corrected chi connectivity index (χ1v) is 11.7. The highest BCUT2D eigenvalue weighted by atomic mass is 32.2. The van der Waals surface area contributed by atoms with Gasteiger partial charge < -0.3 is 15.4 Å². The minimum atomic E-state index is -3.69. The number of nitrogens with one attached hydrogen (secondary N) is 2. The Balaban J connectivity index is 1.75. The van der Waals surface area contributed by atoms with E-state index in [9.17, 15) is 18.0 Å². The summed E-state index contributed by atoms with van der Waals surface area (Å²) in [5, 5.41) is 5.66. The number of sulfonamides is 1. The number of para-hydroxylation sites is 1. The summed E-state index contributed by atoms with van der Waals surface area (Å²) in [6.45, 7) is 4.46. The van der Waals surface area contributed by atoms with Crippen molar-refractivity contribution in [1.82, 2.24) is 4.31 Å². The number of benzene rings is 2. The lowest BCUT2D eigenvalue weighted by atomic mass is 10.1. The third kappa shape index (κ3) is 5.42. The first-order chi connectivity index (χ1) is 14.8. The van der Waals surface area contributed by atoms with Gasteiger partial charge in [-0.1, -0.05) is 12.1 Å². The van der Waals surface area contributed by atoms with Crippen molar-refractivity contribution >= 4 is 33.1 Å². The first-order valence-electron chi connectivity index (χ1n) is 10.2. The maximum absolute atomic E-state index is 13.1. The third-order valence-corrected chi connectivity index (χ3v) is 6.88. The van der Waals surface area contributed by atoms with Crippen molar-refractivity contribution in [2.75, 3.05) is 36.9 Å². The van der Waals surface area contributed by atoms with E-state index in [0.717, 1.165) is 12.8 Å². The number of nitrogens with zero attached hydrogens (tertiary/aromatic N) is 1. The number of hydrogen-bond donors (Lipinski definition) is 2. The van der Waals surface area contributed by atoms with E-state index in [0.29, 0.717) is 42.4 Å². The van der Waals surface area contributed by atoms with Gasteiger partial charge in [-0.3, -0.25) is 9.59 Å². The molecule has 0 spiro atoms. The van der Waals surface area contributed by atoms with Crippen molar-refractivity contribution in [2.24, 2.45) is 0 Å². The van der Waals surface area contributed by atoms with Gasteiger partial charge in [0.05, 0.1) is 18.8 Å². The lowest BCUT2D eigenvalue weighted by molar-refractivity contribution is -0.114. The number of amides is 1. The normalized spacial score (nSPS) is 14.3. The molecule has 1 aliphatic heterocycles. The number of carbonyl (C=O) groups is 2. The Morgan fingerprint density at radius 2 is 1.81 bits per heavy atom. The second kappa shape index (κ2) is 9.93. The fourth-order valence-corrected chi connectivity index (χ4v) is 5.11. The predicted molar refractivity (Wildman–Crippen MR) is 119 cm³/mol. The summed E-state index contributed by atoms with van der Waals surface area (Å²) in [5.41, 5.74) is 1.35. The first kappa shape index (κ1) is 22.8. The van der Waals surface area contributed by atoms with E-state index >= 15 is 0 Å². The Bertz CT molecular complexity index is 1060. The van der Waals surface area contributed by atoms with Gasteiger partial charge >= 0.3 is 0 Å². The van der Waals surface area contributed by atoms with Crippen LogP contribution in [0.25, 0.3) is 0 Å². The molecule has 2 aromatic rings. The van der Waals surface area contributed by atoms with Crippen molar-refractivity contribution < 1.29 is 22.7 Å². The van der Waals surface area contributed by atoms with Crippen LogP contribution in [0.3, 0.4) is 0 Å². The second-order valence-electron chi connectivity index (χ2n) is 7.21. The van der Waals surface area contributed by atoms with Gasteiger partial charge in [0.2, 0.25) is 15.9 Å². The Morgan fingerprint density at radius 3 is 2.48 bits per heavy atom. The van der Waals surface area contributed by atoms with E-state index in [1.165, 1.54) is 17.3 Å². The second-order valence-corrected chi connectivity index (χ2v) is 9.12. The Labute approximate surface area is 182 Å². The van der Waals surface area contributed by atoms with Gasteiger partial charge in [0.15, 0.2) is 5.78 Å². The van der Waals surface area contributed by atoms with Crippen LogP contribution in [0.4, 0.5) is 11.4 Å². The van der Waals surface area contributed by atoms with E-state index < -0.39 is 10.0 Å². The fraction of sp³-hybridized carbons (Fsp3) is 0.364. The van der Waals surface area contributed by atoms with Crippen LogP contribution in [0.2, 0.25) is 0 Å². The number of hydrogen-bond acceptors (Lipinski definition) is 6. The molecule has 166 valence electrons. The Morgan fingerprint density at radius 1 is 1.10 bits per heavy atom. The third-order valence-electron chi connectivity index (χ3n) is 4.96. The molecule has 1 fully saturated rings. The molecule has 1 heterocycles. The summed E-state index contributed by atoms with van der Waals surface area (Å²) in [6, 6.07) is 11.5. The quantitative estimate of drug-likeness (QED) is 0.575. The summed E-state index contributed by atoms with van der Waals surface area (Å²) < 4.78 is 33.1. The van der Waals surface area contributed by atoms with E-state index in [1.54, 1.807) is 43.3 Å². The lowest BCUT2D eigenvalue weighted by Crippen LogP contribution is -2.28. The van der Waals surface area contributed by atoms with Gasteiger partial charge in [-0.15, -0.1) is 0 Å². The molecule has 9 heteroatoms. The van der Waals surface area contributed by atoms with Crippen molar-refractivity contribution in [1.29, 1.82) is 0 Å². The van der Waals surface area contributed by atoms with E-state index in [1.807, 2.05) is 0 Å². The zero-order chi connectivity index (χ0) is 22.4. The Hall–Kier alpha value is -2.91. The molecule has 0 unspecified atom stereocenters. The van der Waals surface area contributed by atoms with Crippen LogP contribution < -0.4 is 15.4 Å². The van der Waals surface area contributed by atoms with Crippen molar-refractivity contribution in [2.45, 2.75) is 31.6 Å². The van der Waals surface area contributed by atoms with Crippen molar-refractivity contribution in [3.8, 4) is 5.75 Å². The van der Waals surface area contributed by atoms with E-state index in [2.05, 4.69) is 10.6 Å². The molecule has 0 atom stereocenters. The molecule has 0 bridgehead atoms. The smallest absolute Gasteiger partial charge is 0.246 e. The molecule has 1 saturated heterocycles. The van der Waals surface area contributed by atoms with Gasteiger partial charge in [0.25, 0.3) is 0 Å². The Kier molecular flexibility index (Phi) is 7.29. The summed E-state index contributed by atoms with van der Waals surface area (Å²) in [5.74, 6) is -0.210. The molecule has 1 amide bonds. The average Bonchev–Trinajstić information content (AvgIpc) is 3.29. The highest BCUT2D eigenvalue weighted by Crippen LogP contribution is 2.31. The van der Waals surface area contributed by atoms with Gasteiger partial charge in [0.1, 0.15) is 10.6 Å². The molecular weight excluding hydrogens is 418 g/mol. The zero-order valence-corrected chi connectivity index (χ0v) is 18.5. The van der Waals surface area contributed by atoms with Crippen LogP contribution in [0, 0.1) is 0 Å². The number of rotatable bonds is 9. The minimum Gasteiger partial charge on any atom is -0.492 e. The molecule has 0 aromatic heterocycles. The topological polar surface area (TPSA) is 105 Å². The number of Topliss-reactive ketones (excluding diaryl/α,β-unsaturated/α-hetero) is 1. The van der Waals surface area contributed by atoms with E-state index in [-0.39, 0.29) is 23.1 Å². The summed E-state index contributed by atoms with van der Waals surface area (Å²) in [7, 11) is -3.69. The zero-order valence-electron chi connectivity index (χ0n) is 17.7. The molecule has 1 aliphatic rings. The maximum atomic E-state index is 13.1. The molecule has 0 saturated carbocycles. The number of carbonyl (C=O) groups excluding carboxylic acids is 2. The SMILES string of the molecule is CCOc1ccc(NCC(=O)Nc2ccccc2C(C)=O)cc1S(=O)(=O)N1CCCC1.